The smallest absolute Gasteiger partial charge is 0.326 e. The van der Waals surface area contributed by atoms with Gasteiger partial charge in [-0.1, -0.05) is 0 Å². The molecule has 0 aromatic heterocycles. The van der Waals surface area contributed by atoms with E-state index in [2.05, 4.69) is 10.3 Å². The molecule has 17 heavy (non-hydrogen) atoms. The normalized spacial score (nSPS) is 17.4. The van der Waals surface area contributed by atoms with E-state index in [9.17, 15) is 14.4 Å². The number of carbonyl (C=O) groups excluding carboxylic acids is 1. The van der Waals surface area contributed by atoms with Gasteiger partial charge in [-0.25, -0.2) is 9.79 Å². The zero-order valence-corrected chi connectivity index (χ0v) is 8.92. The van der Waals surface area contributed by atoms with Gasteiger partial charge in [0, 0.05) is 6.42 Å². The molecule has 1 atom stereocenters. The molecule has 1 saturated heterocycles. The van der Waals surface area contributed by atoms with Crippen LogP contribution in [-0.4, -0.2) is 46.6 Å². The van der Waals surface area contributed by atoms with Crippen molar-refractivity contribution in [1.29, 1.82) is 0 Å². The second-order valence-electron chi connectivity index (χ2n) is 3.13. The highest BCUT2D eigenvalue weighted by Crippen LogP contribution is 2.05. The van der Waals surface area contributed by atoms with Gasteiger partial charge in [-0.15, -0.1) is 0 Å². The Labute approximate surface area is 96.5 Å². The van der Waals surface area contributed by atoms with E-state index in [1.165, 1.54) is 0 Å². The van der Waals surface area contributed by atoms with E-state index in [0.29, 0.717) is 12.8 Å². The fraction of sp³-hybridized carbons (Fsp3) is 0.500. The van der Waals surface area contributed by atoms with Gasteiger partial charge in [0.1, 0.15) is 12.6 Å². The van der Waals surface area contributed by atoms with Gasteiger partial charge in [0.05, 0.1) is 0 Å². The lowest BCUT2D eigenvalue weighted by molar-refractivity contribution is -0.140. The third-order valence-corrected chi connectivity index (χ3v) is 1.69. The minimum atomic E-state index is -1.04. The summed E-state index contributed by atoms with van der Waals surface area (Å²) in [6.45, 7) is -0.359. The third kappa shape index (κ3) is 7.59. The lowest BCUT2D eigenvalue weighted by atomic mass is 10.2. The number of nitrogens with one attached hydrogen (secondary N) is 1. The van der Waals surface area contributed by atoms with Crippen molar-refractivity contribution in [3.63, 3.8) is 0 Å². The predicted octanol–water partition coefficient (Wildman–Crippen LogP) is -2.31. The molecule has 0 radical (unpaired) electrons. The zero-order valence-electron chi connectivity index (χ0n) is 8.92. The Bertz CT molecular complexity index is 337. The van der Waals surface area contributed by atoms with Crippen molar-refractivity contribution in [3.05, 3.63) is 0 Å². The number of aliphatic carboxylic acids is 2. The maximum Gasteiger partial charge on any atom is 0.326 e. The summed E-state index contributed by atoms with van der Waals surface area (Å²) in [5.74, 6) is -2.35. The molecule has 0 aliphatic carbocycles. The molecule has 1 aliphatic rings. The van der Waals surface area contributed by atoms with Crippen LogP contribution in [0.3, 0.4) is 0 Å². The third-order valence-electron chi connectivity index (χ3n) is 1.69. The highest BCUT2D eigenvalue weighted by atomic mass is 16.4. The zero-order chi connectivity index (χ0) is 13.4. The number of rotatable bonds is 3. The van der Waals surface area contributed by atoms with Gasteiger partial charge in [0.2, 0.25) is 5.91 Å². The van der Waals surface area contributed by atoms with Crippen LogP contribution in [0.25, 0.3) is 0 Å². The van der Waals surface area contributed by atoms with Gasteiger partial charge in [-0.05, 0) is 6.42 Å². The standard InChI is InChI=1S/C5H7NO3.C3H7N3O2/c7-4-2-1-3(6-4)5(8)9;4-3(5)6-1-2(7)8/h3H,1-2H2,(H,6,7)(H,8,9);1H2,(H,7,8)(H4,4,5,6). The Morgan fingerprint density at radius 3 is 2.18 bits per heavy atom. The van der Waals surface area contributed by atoms with Crippen molar-refractivity contribution < 1.29 is 24.6 Å². The minimum Gasteiger partial charge on any atom is -0.480 e. The number of carboxylic acid groups (broad SMARTS) is 2. The fourth-order valence-electron chi connectivity index (χ4n) is 0.958. The molecule has 1 heterocycles. The van der Waals surface area contributed by atoms with Crippen molar-refractivity contribution in [2.75, 3.05) is 6.54 Å². The molecule has 0 saturated carbocycles. The molecule has 7 N–H and O–H groups in total. The Morgan fingerprint density at radius 2 is 2.00 bits per heavy atom. The first-order valence-corrected chi connectivity index (χ1v) is 4.62. The number of nitrogens with zero attached hydrogens (tertiary/aromatic N) is 1. The molecule has 9 heteroatoms. The largest absolute Gasteiger partial charge is 0.480 e. The van der Waals surface area contributed by atoms with E-state index in [1.54, 1.807) is 0 Å². The number of amides is 1. The van der Waals surface area contributed by atoms with Crippen molar-refractivity contribution in [1.82, 2.24) is 5.32 Å². The summed E-state index contributed by atoms with van der Waals surface area (Å²) in [5, 5.41) is 18.6. The van der Waals surface area contributed by atoms with Crippen LogP contribution in [0, 0.1) is 0 Å². The topological polar surface area (TPSA) is 168 Å². The van der Waals surface area contributed by atoms with E-state index in [4.69, 9.17) is 21.7 Å². The van der Waals surface area contributed by atoms with E-state index in [0.717, 1.165) is 0 Å². The van der Waals surface area contributed by atoms with Gasteiger partial charge in [-0.3, -0.25) is 9.59 Å². The predicted molar refractivity (Wildman–Crippen MR) is 57.1 cm³/mol. The summed E-state index contributed by atoms with van der Waals surface area (Å²) in [7, 11) is 0. The van der Waals surface area contributed by atoms with Crippen LogP contribution in [-0.2, 0) is 14.4 Å². The van der Waals surface area contributed by atoms with Crippen LogP contribution < -0.4 is 16.8 Å². The van der Waals surface area contributed by atoms with Gasteiger partial charge in [0.15, 0.2) is 5.96 Å². The first-order chi connectivity index (χ1) is 7.82. The minimum absolute atomic E-state index is 0.164. The SMILES string of the molecule is NC(N)=NCC(=O)O.O=C1CCC(C(=O)O)N1. The van der Waals surface area contributed by atoms with Gasteiger partial charge in [-0.2, -0.15) is 0 Å². The second-order valence-corrected chi connectivity index (χ2v) is 3.13. The van der Waals surface area contributed by atoms with Crippen LogP contribution in [0.4, 0.5) is 0 Å². The van der Waals surface area contributed by atoms with E-state index >= 15 is 0 Å². The fourth-order valence-corrected chi connectivity index (χ4v) is 0.958. The van der Waals surface area contributed by atoms with Gasteiger partial charge in [0.25, 0.3) is 0 Å². The molecular weight excluding hydrogens is 232 g/mol. The molecule has 9 nitrogen and oxygen atoms in total. The maximum atomic E-state index is 10.4. The molecule has 1 amide bonds. The van der Waals surface area contributed by atoms with E-state index < -0.39 is 18.0 Å². The number of guanidine groups is 1. The average molecular weight is 246 g/mol. The molecule has 1 rings (SSSR count). The maximum absolute atomic E-state index is 10.4. The molecular formula is C8H14N4O5. The number of carbonyl (C=O) groups is 3. The van der Waals surface area contributed by atoms with Gasteiger partial charge >= 0.3 is 11.9 Å². The molecule has 0 bridgehead atoms. The number of hydrogen-bond acceptors (Lipinski definition) is 4. The molecule has 0 spiro atoms. The lowest BCUT2D eigenvalue weighted by Gasteiger charge is -1.99. The van der Waals surface area contributed by atoms with Crippen molar-refractivity contribution in [2.24, 2.45) is 16.5 Å². The number of hydrogen-bond donors (Lipinski definition) is 5. The van der Waals surface area contributed by atoms with Crippen molar-refractivity contribution in [2.45, 2.75) is 18.9 Å². The summed E-state index contributed by atoms with van der Waals surface area (Å²) in [6, 6.07) is -0.641. The number of carboxylic acids is 2. The molecule has 1 unspecified atom stereocenters. The molecule has 96 valence electrons. The number of nitrogens with two attached hydrogens (primary N) is 2. The summed E-state index contributed by atoms with van der Waals surface area (Å²) in [5.41, 5.74) is 9.61. The average Bonchev–Trinajstić information content (AvgIpc) is 2.63. The van der Waals surface area contributed by atoms with Crippen LogP contribution in [0.15, 0.2) is 4.99 Å². The molecule has 0 aromatic carbocycles. The first kappa shape index (κ1) is 14.7. The molecule has 0 aromatic rings. The summed E-state index contributed by atoms with van der Waals surface area (Å²) < 4.78 is 0. The quantitative estimate of drug-likeness (QED) is 0.275. The monoisotopic (exact) mass is 246 g/mol. The van der Waals surface area contributed by atoms with E-state index in [1.807, 2.05) is 0 Å². The number of aliphatic imine (C=N–C) groups is 1. The van der Waals surface area contributed by atoms with Crippen LogP contribution in [0.5, 0.6) is 0 Å². The second kappa shape index (κ2) is 7.04. The highest BCUT2D eigenvalue weighted by molar-refractivity contribution is 5.87. The van der Waals surface area contributed by atoms with Crippen molar-refractivity contribution in [3.8, 4) is 0 Å². The van der Waals surface area contributed by atoms with Crippen LogP contribution in [0.2, 0.25) is 0 Å². The summed E-state index contributed by atoms with van der Waals surface area (Å²) in [4.78, 5) is 33.4. The van der Waals surface area contributed by atoms with E-state index in [-0.39, 0.29) is 18.4 Å². The highest BCUT2D eigenvalue weighted by Gasteiger charge is 2.26. The van der Waals surface area contributed by atoms with Gasteiger partial charge < -0.3 is 27.0 Å². The Kier molecular flexibility index (Phi) is 6.08. The Balaban J connectivity index is 0.000000304. The Morgan fingerprint density at radius 1 is 1.41 bits per heavy atom. The summed E-state index contributed by atoms with van der Waals surface area (Å²) >= 11 is 0. The summed E-state index contributed by atoms with van der Waals surface area (Å²) in [6.07, 6.45) is 0.769. The molecule has 1 fully saturated rings. The van der Waals surface area contributed by atoms with Crippen LogP contribution >= 0.6 is 0 Å². The van der Waals surface area contributed by atoms with Crippen LogP contribution in [0.1, 0.15) is 12.8 Å². The first-order valence-electron chi connectivity index (χ1n) is 4.62. The van der Waals surface area contributed by atoms with Crippen molar-refractivity contribution >= 4 is 23.8 Å². The lowest BCUT2D eigenvalue weighted by Crippen LogP contribution is -2.32. The molecule has 1 aliphatic heterocycles. The Hall–Kier alpha value is -2.32.